The smallest absolute Gasteiger partial charge is 0.311 e. The Morgan fingerprint density at radius 2 is 1.89 bits per heavy atom. The zero-order chi connectivity index (χ0) is 26.0. The monoisotopic (exact) mass is 509 g/mol. The first-order valence-electron chi connectivity index (χ1n) is 11.1. The summed E-state index contributed by atoms with van der Waals surface area (Å²) in [5.74, 6) is 1.55. The summed E-state index contributed by atoms with van der Waals surface area (Å²) in [6.07, 6.45) is 1.80. The minimum absolute atomic E-state index is 0.0549. The number of ketones is 1. The van der Waals surface area contributed by atoms with Gasteiger partial charge in [0.15, 0.2) is 5.75 Å². The van der Waals surface area contributed by atoms with Crippen LogP contribution in [0.2, 0.25) is 5.02 Å². The van der Waals surface area contributed by atoms with Crippen molar-refractivity contribution in [2.24, 2.45) is 0 Å². The summed E-state index contributed by atoms with van der Waals surface area (Å²) in [5, 5.41) is 16.2. The Bertz CT molecular complexity index is 1460. The number of hydrogen-bond acceptors (Lipinski definition) is 8. The molecule has 0 aliphatic rings. The standard InChI is InChI=1S/C26H24ClN3O6/c1-26(2,3)25-11-16(29-36-25)10-17(31)9-15-5-6-18(12-20(15)27)35-23-7-8-28-21-14-24(34-4)22(30(32)33)13-19(21)23/h5-8,11-14H,9-10H2,1-4H3. The van der Waals surface area contributed by atoms with Crippen molar-refractivity contribution >= 4 is 34.0 Å². The maximum atomic E-state index is 12.6. The molecule has 0 unspecified atom stereocenters. The Morgan fingerprint density at radius 3 is 2.53 bits per heavy atom. The molecule has 0 fully saturated rings. The first-order valence-corrected chi connectivity index (χ1v) is 11.5. The molecule has 0 amide bonds. The molecule has 2 heterocycles. The van der Waals surface area contributed by atoms with E-state index in [2.05, 4.69) is 10.1 Å². The van der Waals surface area contributed by atoms with Crippen LogP contribution in [-0.2, 0) is 23.1 Å². The fraction of sp³-hybridized carbons (Fsp3) is 0.269. The molecule has 10 heteroatoms. The van der Waals surface area contributed by atoms with E-state index in [1.165, 1.54) is 25.4 Å². The van der Waals surface area contributed by atoms with Gasteiger partial charge in [0.2, 0.25) is 0 Å². The normalized spacial score (nSPS) is 11.5. The van der Waals surface area contributed by atoms with Crippen molar-refractivity contribution in [2.75, 3.05) is 7.11 Å². The largest absolute Gasteiger partial charge is 0.490 e. The molecule has 0 radical (unpaired) electrons. The van der Waals surface area contributed by atoms with E-state index >= 15 is 0 Å². The number of fused-ring (bicyclic) bond motifs is 1. The molecule has 186 valence electrons. The Labute approximate surface area is 212 Å². The summed E-state index contributed by atoms with van der Waals surface area (Å²) in [7, 11) is 1.36. The number of Topliss-reactive ketones (excluding diaryl/α,β-unsaturated/α-hetero) is 1. The molecule has 9 nitrogen and oxygen atoms in total. The van der Waals surface area contributed by atoms with Crippen molar-refractivity contribution in [3.63, 3.8) is 0 Å². The minimum Gasteiger partial charge on any atom is -0.490 e. The molecule has 0 bridgehead atoms. The van der Waals surface area contributed by atoms with Gasteiger partial charge in [-0.25, -0.2) is 0 Å². The van der Waals surface area contributed by atoms with Gasteiger partial charge in [-0.15, -0.1) is 0 Å². The Morgan fingerprint density at radius 1 is 1.11 bits per heavy atom. The number of ether oxygens (including phenoxy) is 2. The van der Waals surface area contributed by atoms with Gasteiger partial charge in [-0.05, 0) is 23.8 Å². The second kappa shape index (κ2) is 9.94. The van der Waals surface area contributed by atoms with Gasteiger partial charge in [-0.3, -0.25) is 19.9 Å². The maximum absolute atomic E-state index is 12.6. The highest BCUT2D eigenvalue weighted by Crippen LogP contribution is 2.37. The van der Waals surface area contributed by atoms with E-state index < -0.39 is 4.92 Å². The number of aromatic nitrogens is 2. The molecule has 4 aromatic rings. The first-order chi connectivity index (χ1) is 17.0. The summed E-state index contributed by atoms with van der Waals surface area (Å²) in [5.41, 5.74) is 1.32. The third-order valence-corrected chi connectivity index (χ3v) is 5.87. The third-order valence-electron chi connectivity index (χ3n) is 5.52. The van der Waals surface area contributed by atoms with Crippen molar-refractivity contribution in [3.8, 4) is 17.2 Å². The van der Waals surface area contributed by atoms with Crippen LogP contribution in [0.5, 0.6) is 17.2 Å². The number of nitro benzene ring substituents is 1. The molecule has 2 aromatic carbocycles. The number of pyridine rings is 1. The van der Waals surface area contributed by atoms with Crippen molar-refractivity contribution in [1.82, 2.24) is 10.1 Å². The molecule has 2 aromatic heterocycles. The van der Waals surface area contributed by atoms with E-state index in [1.807, 2.05) is 20.8 Å². The number of methoxy groups -OCH3 is 1. The highest BCUT2D eigenvalue weighted by molar-refractivity contribution is 6.31. The molecular weight excluding hydrogens is 486 g/mol. The average molecular weight is 510 g/mol. The van der Waals surface area contributed by atoms with Gasteiger partial charge in [0, 0.05) is 41.3 Å². The lowest BCUT2D eigenvalue weighted by molar-refractivity contribution is -0.385. The zero-order valence-corrected chi connectivity index (χ0v) is 21.0. The molecular formula is C26H24ClN3O6. The van der Waals surface area contributed by atoms with E-state index in [1.54, 1.807) is 30.3 Å². The van der Waals surface area contributed by atoms with Gasteiger partial charge in [0.25, 0.3) is 0 Å². The number of carbonyl (C=O) groups is 1. The second-order valence-electron chi connectivity index (χ2n) is 9.29. The number of rotatable bonds is 8. The van der Waals surface area contributed by atoms with Crippen LogP contribution in [0.25, 0.3) is 10.9 Å². The zero-order valence-electron chi connectivity index (χ0n) is 20.2. The quantitative estimate of drug-likeness (QED) is 0.202. The number of halogens is 1. The highest BCUT2D eigenvalue weighted by atomic mass is 35.5. The van der Waals surface area contributed by atoms with Crippen LogP contribution in [0, 0.1) is 10.1 Å². The van der Waals surface area contributed by atoms with Gasteiger partial charge in [0.05, 0.1) is 35.1 Å². The molecule has 0 aliphatic heterocycles. The highest BCUT2D eigenvalue weighted by Gasteiger charge is 2.21. The van der Waals surface area contributed by atoms with Crippen molar-refractivity contribution in [1.29, 1.82) is 0 Å². The molecule has 0 saturated carbocycles. The predicted molar refractivity (Wildman–Crippen MR) is 134 cm³/mol. The maximum Gasteiger partial charge on any atom is 0.311 e. The van der Waals surface area contributed by atoms with Gasteiger partial charge in [0.1, 0.15) is 23.0 Å². The minimum atomic E-state index is -0.527. The summed E-state index contributed by atoms with van der Waals surface area (Å²) < 4.78 is 16.4. The van der Waals surface area contributed by atoms with Crippen LogP contribution in [0.1, 0.15) is 37.8 Å². The Hall–Kier alpha value is -3.98. The van der Waals surface area contributed by atoms with Crippen LogP contribution in [0.3, 0.4) is 0 Å². The average Bonchev–Trinajstić information content (AvgIpc) is 3.29. The van der Waals surface area contributed by atoms with Crippen LogP contribution in [0.15, 0.2) is 53.2 Å². The van der Waals surface area contributed by atoms with Crippen molar-refractivity contribution < 1.29 is 23.7 Å². The number of benzene rings is 2. The Balaban J connectivity index is 1.51. The number of nitrogens with zero attached hydrogens (tertiary/aromatic N) is 3. The van der Waals surface area contributed by atoms with E-state index in [0.717, 1.165) is 5.76 Å². The molecule has 0 atom stereocenters. The van der Waals surface area contributed by atoms with E-state index in [-0.39, 0.29) is 35.5 Å². The van der Waals surface area contributed by atoms with Crippen LogP contribution in [-0.4, -0.2) is 28.0 Å². The van der Waals surface area contributed by atoms with Crippen LogP contribution < -0.4 is 9.47 Å². The lowest BCUT2D eigenvalue weighted by Gasteiger charge is -2.12. The summed E-state index contributed by atoms with van der Waals surface area (Å²) in [6.45, 7) is 6.03. The van der Waals surface area contributed by atoms with Gasteiger partial charge < -0.3 is 14.0 Å². The molecule has 0 N–H and O–H groups in total. The summed E-state index contributed by atoms with van der Waals surface area (Å²) in [4.78, 5) is 27.8. The first kappa shape index (κ1) is 25.1. The molecule has 0 saturated heterocycles. The number of hydrogen-bond donors (Lipinski definition) is 0. The fourth-order valence-electron chi connectivity index (χ4n) is 3.62. The molecule has 0 aliphatic carbocycles. The van der Waals surface area contributed by atoms with Gasteiger partial charge >= 0.3 is 5.69 Å². The van der Waals surface area contributed by atoms with Crippen LogP contribution in [0.4, 0.5) is 5.69 Å². The second-order valence-corrected chi connectivity index (χ2v) is 9.69. The van der Waals surface area contributed by atoms with E-state index in [4.69, 9.17) is 25.6 Å². The molecule has 36 heavy (non-hydrogen) atoms. The van der Waals surface area contributed by atoms with Gasteiger partial charge in [-0.1, -0.05) is 43.6 Å². The van der Waals surface area contributed by atoms with Crippen LogP contribution >= 0.6 is 11.6 Å². The third kappa shape index (κ3) is 5.46. The number of carbonyl (C=O) groups excluding carboxylic acids is 1. The van der Waals surface area contributed by atoms with Crippen molar-refractivity contribution in [3.05, 3.63) is 80.8 Å². The SMILES string of the molecule is COc1cc2nccc(Oc3ccc(CC(=O)Cc4cc(C(C)(C)C)on4)c(Cl)c3)c2cc1[N+](=O)[O-]. The van der Waals surface area contributed by atoms with Gasteiger partial charge in [-0.2, -0.15) is 0 Å². The summed E-state index contributed by atoms with van der Waals surface area (Å²) in [6, 6.07) is 11.3. The number of nitro groups is 1. The molecule has 0 spiro atoms. The lowest BCUT2D eigenvalue weighted by Crippen LogP contribution is -2.09. The van der Waals surface area contributed by atoms with E-state index in [9.17, 15) is 14.9 Å². The lowest BCUT2D eigenvalue weighted by atomic mass is 9.93. The predicted octanol–water partition coefficient (Wildman–Crippen LogP) is 6.24. The topological polar surface area (TPSA) is 118 Å². The fourth-order valence-corrected chi connectivity index (χ4v) is 3.86. The Kier molecular flexibility index (Phi) is 6.94. The van der Waals surface area contributed by atoms with Crippen molar-refractivity contribution in [2.45, 2.75) is 39.0 Å². The molecule has 4 rings (SSSR count). The summed E-state index contributed by atoms with van der Waals surface area (Å²) >= 11 is 6.45. The van der Waals surface area contributed by atoms with E-state index in [0.29, 0.717) is 38.7 Å².